The molecule has 0 saturated heterocycles. The third-order valence-corrected chi connectivity index (χ3v) is 5.47. The first-order valence-corrected chi connectivity index (χ1v) is 8.78. The van der Waals surface area contributed by atoms with Gasteiger partial charge in [0, 0.05) is 16.7 Å². The van der Waals surface area contributed by atoms with E-state index in [0.717, 1.165) is 17.1 Å². The summed E-state index contributed by atoms with van der Waals surface area (Å²) < 4.78 is 0. The van der Waals surface area contributed by atoms with Crippen LogP contribution in [-0.4, -0.2) is 34.7 Å². The summed E-state index contributed by atoms with van der Waals surface area (Å²) in [5.74, 6) is 6.51. The first kappa shape index (κ1) is 15.4. The van der Waals surface area contributed by atoms with E-state index in [1.807, 2.05) is 17.1 Å². The molecule has 1 aliphatic rings. The smallest absolute Gasteiger partial charge is 0.252 e. The summed E-state index contributed by atoms with van der Waals surface area (Å²) in [5.41, 5.74) is 0.671. The molecule has 1 aromatic heterocycles. The lowest BCUT2D eigenvalue weighted by Crippen LogP contribution is -2.38. The molecule has 1 heterocycles. The van der Waals surface area contributed by atoms with Crippen LogP contribution in [0.15, 0.2) is 11.4 Å². The molecule has 0 aliphatic heterocycles. The predicted octanol–water partition coefficient (Wildman–Crippen LogP) is 2.50. The fraction of sp³-hybridized carbons (Fsp3) is 0.533. The number of nitrogens with one attached hydrogen (secondary N) is 1. The summed E-state index contributed by atoms with van der Waals surface area (Å²) in [5, 5.41) is 14.2. The second-order valence-corrected chi connectivity index (χ2v) is 7.09. The Balaban J connectivity index is 1.95. The van der Waals surface area contributed by atoms with E-state index in [1.165, 1.54) is 24.2 Å². The van der Waals surface area contributed by atoms with Crippen molar-refractivity contribution in [2.24, 2.45) is 0 Å². The van der Waals surface area contributed by atoms with Crippen LogP contribution < -0.4 is 5.32 Å². The van der Waals surface area contributed by atoms with Gasteiger partial charge in [-0.25, -0.2) is 0 Å². The highest BCUT2D eigenvalue weighted by atomic mass is 32.2. The summed E-state index contributed by atoms with van der Waals surface area (Å²) in [7, 11) is 0. The lowest BCUT2D eigenvalue weighted by atomic mass is 10.2. The van der Waals surface area contributed by atoms with Crippen LogP contribution in [-0.2, 0) is 0 Å². The van der Waals surface area contributed by atoms with E-state index >= 15 is 0 Å². The minimum atomic E-state index is -0.155. The van der Waals surface area contributed by atoms with Crippen molar-refractivity contribution < 1.29 is 9.90 Å². The third-order valence-electron chi connectivity index (χ3n) is 3.30. The van der Waals surface area contributed by atoms with E-state index in [4.69, 9.17) is 5.11 Å². The summed E-state index contributed by atoms with van der Waals surface area (Å²) in [6, 6.07) is 2.08. The molecule has 2 N–H and O–H groups in total. The van der Waals surface area contributed by atoms with Crippen molar-refractivity contribution in [3.05, 3.63) is 21.9 Å². The van der Waals surface area contributed by atoms with E-state index in [0.29, 0.717) is 16.9 Å². The second kappa shape index (κ2) is 7.72. The van der Waals surface area contributed by atoms with Gasteiger partial charge in [-0.05, 0) is 24.7 Å². The van der Waals surface area contributed by atoms with Crippen molar-refractivity contribution in [2.45, 2.75) is 37.5 Å². The van der Waals surface area contributed by atoms with E-state index in [1.54, 1.807) is 6.07 Å². The molecule has 5 heteroatoms. The highest BCUT2D eigenvalue weighted by Gasteiger charge is 2.28. The first-order chi connectivity index (χ1) is 9.74. The quantitative estimate of drug-likeness (QED) is 0.840. The maximum absolute atomic E-state index is 12.2. The molecule has 20 heavy (non-hydrogen) atoms. The Morgan fingerprint density at radius 3 is 3.20 bits per heavy atom. The molecular weight excluding hydrogens is 290 g/mol. The number of thiophene rings is 1. The predicted molar refractivity (Wildman–Crippen MR) is 85.3 cm³/mol. The zero-order valence-corrected chi connectivity index (χ0v) is 13.1. The number of hydrogen-bond acceptors (Lipinski definition) is 4. The molecule has 2 unspecified atom stereocenters. The molecule has 2 atom stereocenters. The Labute approximate surface area is 128 Å². The number of amides is 1. The molecule has 0 bridgehead atoms. The number of carbonyl (C=O) groups is 1. The molecule has 0 radical (unpaired) electrons. The van der Waals surface area contributed by atoms with Gasteiger partial charge in [0.15, 0.2) is 0 Å². The fourth-order valence-corrected chi connectivity index (χ4v) is 4.36. The standard InChI is InChI=1S/C15H19NO2S2/c1-2-19-14-7-3-6-13(14)16-15(18)11-9-12(20-10-11)5-4-8-17/h9-10,13-14,17H,2-3,6-8H2,1H3,(H,16,18). The van der Waals surface area contributed by atoms with Crippen LogP contribution >= 0.6 is 23.1 Å². The Morgan fingerprint density at radius 2 is 2.45 bits per heavy atom. The highest BCUT2D eigenvalue weighted by molar-refractivity contribution is 7.99. The van der Waals surface area contributed by atoms with Crippen LogP contribution in [0.25, 0.3) is 0 Å². The summed E-state index contributed by atoms with van der Waals surface area (Å²) >= 11 is 3.37. The molecular formula is C15H19NO2S2. The van der Waals surface area contributed by atoms with Crippen LogP contribution in [0, 0.1) is 11.8 Å². The van der Waals surface area contributed by atoms with Crippen LogP contribution in [0.1, 0.15) is 41.4 Å². The van der Waals surface area contributed by atoms with Crippen LogP contribution in [0.5, 0.6) is 0 Å². The SMILES string of the molecule is CCSC1CCCC1NC(=O)c1csc(C#CCO)c1. The average Bonchev–Trinajstić information content (AvgIpc) is 3.07. The van der Waals surface area contributed by atoms with Gasteiger partial charge < -0.3 is 10.4 Å². The molecule has 2 rings (SSSR count). The van der Waals surface area contributed by atoms with Gasteiger partial charge in [-0.3, -0.25) is 4.79 Å². The Morgan fingerprint density at radius 1 is 1.60 bits per heavy atom. The van der Waals surface area contributed by atoms with Gasteiger partial charge in [0.25, 0.3) is 5.91 Å². The molecule has 0 spiro atoms. The average molecular weight is 309 g/mol. The minimum absolute atomic E-state index is 0.00750. The Bertz CT molecular complexity index is 515. The van der Waals surface area contributed by atoms with Gasteiger partial charge in [-0.2, -0.15) is 11.8 Å². The van der Waals surface area contributed by atoms with E-state index in [-0.39, 0.29) is 12.5 Å². The number of rotatable bonds is 4. The third kappa shape index (κ3) is 4.02. The summed E-state index contributed by atoms with van der Waals surface area (Å²) in [4.78, 5) is 13.0. The first-order valence-electron chi connectivity index (χ1n) is 6.85. The molecule has 1 aromatic rings. The normalized spacial score (nSPS) is 21.3. The van der Waals surface area contributed by atoms with Gasteiger partial charge in [-0.15, -0.1) is 11.3 Å². The molecule has 1 aliphatic carbocycles. The van der Waals surface area contributed by atoms with Gasteiger partial charge in [-0.1, -0.05) is 25.2 Å². The highest BCUT2D eigenvalue weighted by Crippen LogP contribution is 2.30. The molecule has 108 valence electrons. The van der Waals surface area contributed by atoms with Gasteiger partial charge in [0.2, 0.25) is 0 Å². The number of aliphatic hydroxyl groups excluding tert-OH is 1. The van der Waals surface area contributed by atoms with Crippen molar-refractivity contribution in [3.63, 3.8) is 0 Å². The van der Waals surface area contributed by atoms with Crippen molar-refractivity contribution in [3.8, 4) is 11.8 Å². The van der Waals surface area contributed by atoms with Crippen molar-refractivity contribution in [1.82, 2.24) is 5.32 Å². The molecule has 1 amide bonds. The lowest BCUT2D eigenvalue weighted by Gasteiger charge is -2.19. The van der Waals surface area contributed by atoms with Crippen molar-refractivity contribution >= 4 is 29.0 Å². The zero-order chi connectivity index (χ0) is 14.4. The number of thioether (sulfide) groups is 1. The lowest BCUT2D eigenvalue weighted by molar-refractivity contribution is 0.0939. The molecule has 1 fully saturated rings. The monoisotopic (exact) mass is 309 g/mol. The summed E-state index contributed by atoms with van der Waals surface area (Å²) in [6.45, 7) is 2.00. The maximum Gasteiger partial charge on any atom is 0.252 e. The second-order valence-electron chi connectivity index (χ2n) is 4.66. The van der Waals surface area contributed by atoms with E-state index in [2.05, 4.69) is 24.1 Å². The topological polar surface area (TPSA) is 49.3 Å². The number of aliphatic hydroxyl groups is 1. The van der Waals surface area contributed by atoms with E-state index in [9.17, 15) is 4.79 Å². The Hall–Kier alpha value is -0.960. The maximum atomic E-state index is 12.2. The Kier molecular flexibility index (Phi) is 5.96. The number of carbonyl (C=O) groups excluding carboxylic acids is 1. The van der Waals surface area contributed by atoms with Gasteiger partial charge in [0.1, 0.15) is 6.61 Å². The molecule has 0 aromatic carbocycles. The number of hydrogen-bond donors (Lipinski definition) is 2. The largest absolute Gasteiger partial charge is 0.384 e. The van der Waals surface area contributed by atoms with E-state index < -0.39 is 0 Å². The van der Waals surface area contributed by atoms with Gasteiger partial charge in [0.05, 0.1) is 10.4 Å². The van der Waals surface area contributed by atoms with Crippen molar-refractivity contribution in [1.29, 1.82) is 0 Å². The van der Waals surface area contributed by atoms with Crippen LogP contribution in [0.4, 0.5) is 0 Å². The van der Waals surface area contributed by atoms with Crippen molar-refractivity contribution in [2.75, 3.05) is 12.4 Å². The minimum Gasteiger partial charge on any atom is -0.384 e. The van der Waals surface area contributed by atoms with Crippen LogP contribution in [0.2, 0.25) is 0 Å². The summed E-state index contributed by atoms with van der Waals surface area (Å²) in [6.07, 6.45) is 3.46. The molecule has 1 saturated carbocycles. The van der Waals surface area contributed by atoms with Gasteiger partial charge >= 0.3 is 0 Å². The zero-order valence-electron chi connectivity index (χ0n) is 11.5. The molecule has 3 nitrogen and oxygen atoms in total. The fourth-order valence-electron chi connectivity index (χ4n) is 2.40. The van der Waals surface area contributed by atoms with Crippen LogP contribution in [0.3, 0.4) is 0 Å².